The zero-order valence-electron chi connectivity index (χ0n) is 11.1. The van der Waals surface area contributed by atoms with Crippen molar-refractivity contribution in [3.63, 3.8) is 0 Å². The summed E-state index contributed by atoms with van der Waals surface area (Å²) in [6, 6.07) is 4.08. The summed E-state index contributed by atoms with van der Waals surface area (Å²) >= 11 is 0. The van der Waals surface area contributed by atoms with Gasteiger partial charge in [-0.15, -0.1) is 0 Å². The lowest BCUT2D eigenvalue weighted by atomic mass is 10.2. The molecule has 0 spiro atoms. The maximum atomic E-state index is 13.5. The van der Waals surface area contributed by atoms with Gasteiger partial charge in [-0.25, -0.2) is 18.4 Å². The molecule has 2 rings (SSSR count). The van der Waals surface area contributed by atoms with E-state index in [2.05, 4.69) is 15.4 Å². The lowest BCUT2D eigenvalue weighted by Gasteiger charge is -2.03. The number of rotatable bonds is 7. The number of nitrogens with zero attached hydrogens (tertiary/aromatic N) is 3. The topological polar surface area (TPSA) is 52.0 Å². The Balaban J connectivity index is 1.94. The summed E-state index contributed by atoms with van der Waals surface area (Å²) in [5.41, 5.74) is 0.244. The van der Waals surface area contributed by atoms with Crippen LogP contribution in [-0.2, 0) is 17.8 Å². The molecule has 0 saturated heterocycles. The first-order valence-electron chi connectivity index (χ1n) is 6.21. The van der Waals surface area contributed by atoms with Gasteiger partial charge in [0.1, 0.15) is 6.33 Å². The number of methoxy groups -OCH3 is 1. The van der Waals surface area contributed by atoms with Gasteiger partial charge in [-0.05, 0) is 6.07 Å². The van der Waals surface area contributed by atoms with Crippen LogP contribution in [-0.4, -0.2) is 35.0 Å². The minimum atomic E-state index is -0.857. The number of ether oxygens (including phenoxy) is 1. The second-order valence-electron chi connectivity index (χ2n) is 4.24. The van der Waals surface area contributed by atoms with Crippen molar-refractivity contribution in [3.8, 4) is 0 Å². The van der Waals surface area contributed by atoms with E-state index in [1.165, 1.54) is 23.1 Å². The predicted molar refractivity (Wildman–Crippen MR) is 69.1 cm³/mol. The monoisotopic (exact) mass is 282 g/mol. The molecular formula is C13H16F2N4O. The van der Waals surface area contributed by atoms with Crippen LogP contribution in [0.4, 0.5) is 8.78 Å². The molecule has 0 atom stereocenters. The molecule has 1 N–H and O–H groups in total. The van der Waals surface area contributed by atoms with E-state index in [1.807, 2.05) is 0 Å². The maximum Gasteiger partial charge on any atom is 0.164 e. The first kappa shape index (κ1) is 14.5. The first-order chi connectivity index (χ1) is 9.70. The zero-order valence-corrected chi connectivity index (χ0v) is 11.1. The van der Waals surface area contributed by atoms with Crippen LogP contribution in [0.2, 0.25) is 0 Å². The standard InChI is InChI=1S/C13H16F2N4O/c1-20-6-5-16-7-12-17-9-19(18-12)8-10-3-2-4-11(14)13(10)15/h2-4,9,16H,5-8H2,1H3. The highest BCUT2D eigenvalue weighted by Gasteiger charge is 2.09. The number of benzene rings is 1. The molecular weight excluding hydrogens is 266 g/mol. The molecule has 0 bridgehead atoms. The largest absolute Gasteiger partial charge is 0.383 e. The Kier molecular flexibility index (Phi) is 5.14. The van der Waals surface area contributed by atoms with Crippen molar-refractivity contribution >= 4 is 0 Å². The summed E-state index contributed by atoms with van der Waals surface area (Å²) in [4.78, 5) is 4.09. The molecule has 2 aromatic rings. The third kappa shape index (κ3) is 3.82. The summed E-state index contributed by atoms with van der Waals surface area (Å²) in [5, 5.41) is 7.29. The van der Waals surface area contributed by atoms with Crippen molar-refractivity contribution in [1.82, 2.24) is 20.1 Å². The molecule has 1 heterocycles. The lowest BCUT2D eigenvalue weighted by Crippen LogP contribution is -2.19. The normalized spacial score (nSPS) is 10.9. The highest BCUT2D eigenvalue weighted by atomic mass is 19.2. The average Bonchev–Trinajstić information content (AvgIpc) is 2.88. The fraction of sp³-hybridized carbons (Fsp3) is 0.385. The third-order valence-corrected chi connectivity index (χ3v) is 2.71. The van der Waals surface area contributed by atoms with E-state index in [0.29, 0.717) is 25.5 Å². The quantitative estimate of drug-likeness (QED) is 0.779. The molecule has 0 fully saturated rings. The molecule has 0 radical (unpaired) electrons. The van der Waals surface area contributed by atoms with Gasteiger partial charge in [0.15, 0.2) is 17.5 Å². The van der Waals surface area contributed by atoms with Crippen LogP contribution >= 0.6 is 0 Å². The van der Waals surface area contributed by atoms with E-state index < -0.39 is 11.6 Å². The molecule has 108 valence electrons. The molecule has 1 aromatic carbocycles. The van der Waals surface area contributed by atoms with Gasteiger partial charge < -0.3 is 10.1 Å². The van der Waals surface area contributed by atoms with Gasteiger partial charge >= 0.3 is 0 Å². The van der Waals surface area contributed by atoms with Crippen LogP contribution in [0.15, 0.2) is 24.5 Å². The molecule has 1 aromatic heterocycles. The lowest BCUT2D eigenvalue weighted by molar-refractivity contribution is 0.199. The van der Waals surface area contributed by atoms with Gasteiger partial charge in [0.2, 0.25) is 0 Å². The summed E-state index contributed by atoms with van der Waals surface area (Å²) in [5.74, 6) is -1.11. The van der Waals surface area contributed by atoms with Crippen LogP contribution in [0.5, 0.6) is 0 Å². The minimum absolute atomic E-state index is 0.147. The van der Waals surface area contributed by atoms with Gasteiger partial charge in [0.05, 0.1) is 19.7 Å². The van der Waals surface area contributed by atoms with Crippen molar-refractivity contribution in [1.29, 1.82) is 0 Å². The van der Waals surface area contributed by atoms with Crippen LogP contribution in [0.3, 0.4) is 0 Å². The minimum Gasteiger partial charge on any atom is -0.383 e. The summed E-state index contributed by atoms with van der Waals surface area (Å²) < 4.78 is 33.0. The molecule has 5 nitrogen and oxygen atoms in total. The van der Waals surface area contributed by atoms with Gasteiger partial charge in [0, 0.05) is 19.2 Å². The Morgan fingerprint density at radius 2 is 2.20 bits per heavy atom. The number of nitrogens with one attached hydrogen (secondary N) is 1. The van der Waals surface area contributed by atoms with Crippen molar-refractivity contribution in [2.75, 3.05) is 20.3 Å². The Labute approximate surface area is 115 Å². The fourth-order valence-corrected chi connectivity index (χ4v) is 1.71. The number of hydrogen-bond acceptors (Lipinski definition) is 4. The summed E-state index contributed by atoms with van der Waals surface area (Å²) in [6.45, 7) is 1.95. The molecule has 0 amide bonds. The molecule has 20 heavy (non-hydrogen) atoms. The molecule has 0 saturated carbocycles. The highest BCUT2D eigenvalue weighted by Crippen LogP contribution is 2.12. The van der Waals surface area contributed by atoms with E-state index in [4.69, 9.17) is 4.74 Å². The van der Waals surface area contributed by atoms with Gasteiger partial charge in [-0.2, -0.15) is 5.10 Å². The number of halogens is 2. The van der Waals surface area contributed by atoms with Crippen molar-refractivity contribution < 1.29 is 13.5 Å². The van der Waals surface area contributed by atoms with Crippen LogP contribution < -0.4 is 5.32 Å². The average molecular weight is 282 g/mol. The van der Waals surface area contributed by atoms with E-state index in [9.17, 15) is 8.78 Å². The first-order valence-corrected chi connectivity index (χ1v) is 6.21. The summed E-state index contributed by atoms with van der Waals surface area (Å²) in [7, 11) is 1.63. The van der Waals surface area contributed by atoms with Crippen LogP contribution in [0.25, 0.3) is 0 Å². The van der Waals surface area contributed by atoms with E-state index in [1.54, 1.807) is 7.11 Å². The Hall–Kier alpha value is -1.86. The number of hydrogen-bond donors (Lipinski definition) is 1. The van der Waals surface area contributed by atoms with Gasteiger partial charge in [-0.1, -0.05) is 12.1 Å². The molecule has 7 heteroatoms. The van der Waals surface area contributed by atoms with Crippen molar-refractivity contribution in [2.24, 2.45) is 0 Å². The van der Waals surface area contributed by atoms with Gasteiger partial charge in [-0.3, -0.25) is 0 Å². The molecule has 0 aliphatic heterocycles. The van der Waals surface area contributed by atoms with Crippen molar-refractivity contribution in [3.05, 3.63) is 47.5 Å². The zero-order chi connectivity index (χ0) is 14.4. The van der Waals surface area contributed by atoms with Crippen LogP contribution in [0.1, 0.15) is 11.4 Å². The second kappa shape index (κ2) is 7.06. The van der Waals surface area contributed by atoms with E-state index in [-0.39, 0.29) is 12.1 Å². The second-order valence-corrected chi connectivity index (χ2v) is 4.24. The molecule has 0 aliphatic carbocycles. The third-order valence-electron chi connectivity index (χ3n) is 2.71. The SMILES string of the molecule is COCCNCc1ncn(Cc2cccc(F)c2F)n1. The number of aromatic nitrogens is 3. The predicted octanol–water partition coefficient (Wildman–Crippen LogP) is 1.34. The van der Waals surface area contributed by atoms with E-state index >= 15 is 0 Å². The highest BCUT2D eigenvalue weighted by molar-refractivity contribution is 5.18. The Bertz CT molecular complexity index is 559. The van der Waals surface area contributed by atoms with Gasteiger partial charge in [0.25, 0.3) is 0 Å². The Morgan fingerprint density at radius 1 is 1.35 bits per heavy atom. The van der Waals surface area contributed by atoms with Crippen LogP contribution in [0, 0.1) is 11.6 Å². The summed E-state index contributed by atoms with van der Waals surface area (Å²) in [6.07, 6.45) is 1.50. The smallest absolute Gasteiger partial charge is 0.164 e. The van der Waals surface area contributed by atoms with E-state index in [0.717, 1.165) is 6.07 Å². The Morgan fingerprint density at radius 3 is 3.00 bits per heavy atom. The molecule has 0 unspecified atom stereocenters. The molecule has 0 aliphatic rings. The van der Waals surface area contributed by atoms with Crippen molar-refractivity contribution in [2.45, 2.75) is 13.1 Å². The maximum absolute atomic E-state index is 13.5. The fourth-order valence-electron chi connectivity index (χ4n) is 1.71.